The SMILES string of the molecule is N#Cc1ccc(Nc2nc3c(-c4cccc(F)c4)cccn3n2)cc1. The van der Waals surface area contributed by atoms with Crippen LogP contribution in [0.5, 0.6) is 0 Å². The second-order valence-electron chi connectivity index (χ2n) is 5.45. The van der Waals surface area contributed by atoms with Crippen LogP contribution >= 0.6 is 0 Å². The lowest BCUT2D eigenvalue weighted by molar-refractivity contribution is 0.628. The zero-order chi connectivity index (χ0) is 17.2. The van der Waals surface area contributed by atoms with Gasteiger partial charge in [0.2, 0.25) is 5.95 Å². The summed E-state index contributed by atoms with van der Waals surface area (Å²) in [6.07, 6.45) is 1.79. The van der Waals surface area contributed by atoms with Gasteiger partial charge in [-0.2, -0.15) is 10.2 Å². The quantitative estimate of drug-likeness (QED) is 0.613. The summed E-state index contributed by atoms with van der Waals surface area (Å²) in [5.74, 6) is 0.128. The summed E-state index contributed by atoms with van der Waals surface area (Å²) >= 11 is 0. The molecule has 2 heterocycles. The number of hydrogen-bond donors (Lipinski definition) is 1. The first-order chi connectivity index (χ1) is 12.2. The molecule has 0 spiro atoms. The van der Waals surface area contributed by atoms with Crippen LogP contribution in [0.1, 0.15) is 5.56 Å². The Morgan fingerprint density at radius 1 is 1.04 bits per heavy atom. The number of nitrogens with zero attached hydrogens (tertiary/aromatic N) is 4. The molecule has 25 heavy (non-hydrogen) atoms. The van der Waals surface area contributed by atoms with E-state index in [1.165, 1.54) is 12.1 Å². The molecule has 1 N–H and O–H groups in total. The molecular formula is C19H12FN5. The summed E-state index contributed by atoms with van der Waals surface area (Å²) < 4.78 is 15.2. The number of fused-ring (bicyclic) bond motifs is 1. The van der Waals surface area contributed by atoms with Crippen molar-refractivity contribution in [2.24, 2.45) is 0 Å². The Labute approximate surface area is 143 Å². The molecular weight excluding hydrogens is 317 g/mol. The van der Waals surface area contributed by atoms with E-state index in [4.69, 9.17) is 5.26 Å². The van der Waals surface area contributed by atoms with Gasteiger partial charge in [0.1, 0.15) is 5.82 Å². The highest BCUT2D eigenvalue weighted by molar-refractivity contribution is 5.78. The molecule has 2 aromatic carbocycles. The third-order valence-corrected chi connectivity index (χ3v) is 3.77. The fraction of sp³-hybridized carbons (Fsp3) is 0. The first-order valence-corrected chi connectivity index (χ1v) is 7.61. The maximum atomic E-state index is 13.5. The molecule has 4 aromatic rings. The topological polar surface area (TPSA) is 66.0 Å². The zero-order valence-electron chi connectivity index (χ0n) is 13.0. The fourth-order valence-electron chi connectivity index (χ4n) is 2.60. The van der Waals surface area contributed by atoms with Gasteiger partial charge in [0.25, 0.3) is 0 Å². The van der Waals surface area contributed by atoms with Gasteiger partial charge in [-0.3, -0.25) is 0 Å². The van der Waals surface area contributed by atoms with Crippen LogP contribution in [0, 0.1) is 17.1 Å². The first kappa shape index (κ1) is 14.8. The van der Waals surface area contributed by atoms with Gasteiger partial charge < -0.3 is 5.32 Å². The predicted octanol–water partition coefficient (Wildman–Crippen LogP) is 4.15. The Kier molecular flexibility index (Phi) is 3.60. The Bertz CT molecular complexity index is 1090. The average molecular weight is 329 g/mol. The summed E-state index contributed by atoms with van der Waals surface area (Å²) in [4.78, 5) is 4.51. The molecule has 0 saturated heterocycles. The highest BCUT2D eigenvalue weighted by Gasteiger charge is 2.10. The van der Waals surface area contributed by atoms with Gasteiger partial charge >= 0.3 is 0 Å². The number of pyridine rings is 1. The molecule has 2 aromatic heterocycles. The van der Waals surface area contributed by atoms with Crippen LogP contribution in [0.2, 0.25) is 0 Å². The summed E-state index contributed by atoms with van der Waals surface area (Å²) in [6.45, 7) is 0. The van der Waals surface area contributed by atoms with Crippen molar-refractivity contribution >= 4 is 17.3 Å². The molecule has 0 saturated carbocycles. The van der Waals surface area contributed by atoms with Crippen LogP contribution < -0.4 is 5.32 Å². The Morgan fingerprint density at radius 2 is 1.88 bits per heavy atom. The van der Waals surface area contributed by atoms with E-state index in [2.05, 4.69) is 21.5 Å². The van der Waals surface area contributed by atoms with Crippen molar-refractivity contribution < 1.29 is 4.39 Å². The van der Waals surface area contributed by atoms with Crippen molar-refractivity contribution in [1.29, 1.82) is 5.26 Å². The molecule has 0 atom stereocenters. The summed E-state index contributed by atoms with van der Waals surface area (Å²) in [7, 11) is 0. The van der Waals surface area contributed by atoms with Crippen molar-refractivity contribution in [3.05, 3.63) is 78.2 Å². The van der Waals surface area contributed by atoms with Gasteiger partial charge in [-0.15, -0.1) is 5.10 Å². The second kappa shape index (κ2) is 6.06. The van der Waals surface area contributed by atoms with Crippen molar-refractivity contribution in [3.63, 3.8) is 0 Å². The van der Waals surface area contributed by atoms with E-state index in [-0.39, 0.29) is 5.82 Å². The van der Waals surface area contributed by atoms with Crippen LogP contribution in [0.4, 0.5) is 16.0 Å². The van der Waals surface area contributed by atoms with Crippen LogP contribution in [-0.2, 0) is 0 Å². The van der Waals surface area contributed by atoms with Gasteiger partial charge in [0, 0.05) is 17.4 Å². The summed E-state index contributed by atoms with van der Waals surface area (Å²) in [5.41, 5.74) is 3.53. The molecule has 0 fully saturated rings. The number of rotatable bonds is 3. The van der Waals surface area contributed by atoms with Crippen LogP contribution in [-0.4, -0.2) is 14.6 Å². The van der Waals surface area contributed by atoms with E-state index in [9.17, 15) is 4.39 Å². The maximum Gasteiger partial charge on any atom is 0.247 e. The largest absolute Gasteiger partial charge is 0.323 e. The second-order valence-corrected chi connectivity index (χ2v) is 5.45. The summed E-state index contributed by atoms with van der Waals surface area (Å²) in [5, 5.41) is 16.3. The minimum atomic E-state index is -0.296. The molecule has 6 heteroatoms. The zero-order valence-corrected chi connectivity index (χ0v) is 13.0. The number of nitrogens with one attached hydrogen (secondary N) is 1. The van der Waals surface area contributed by atoms with Gasteiger partial charge in [-0.05, 0) is 54.1 Å². The van der Waals surface area contributed by atoms with E-state index < -0.39 is 0 Å². The Balaban J connectivity index is 1.73. The summed E-state index contributed by atoms with van der Waals surface area (Å²) in [6, 6.07) is 19.2. The Morgan fingerprint density at radius 3 is 2.64 bits per heavy atom. The number of halogens is 1. The van der Waals surface area contributed by atoms with Crippen molar-refractivity contribution in [1.82, 2.24) is 14.6 Å². The smallest absolute Gasteiger partial charge is 0.247 e. The predicted molar refractivity (Wildman–Crippen MR) is 92.8 cm³/mol. The molecule has 4 rings (SSSR count). The highest BCUT2D eigenvalue weighted by atomic mass is 19.1. The number of aromatic nitrogens is 3. The van der Waals surface area contributed by atoms with E-state index >= 15 is 0 Å². The Hall–Kier alpha value is -3.72. The van der Waals surface area contributed by atoms with Gasteiger partial charge in [-0.25, -0.2) is 8.91 Å². The van der Waals surface area contributed by atoms with Crippen LogP contribution in [0.15, 0.2) is 66.9 Å². The monoisotopic (exact) mass is 329 g/mol. The molecule has 0 bridgehead atoms. The lowest BCUT2D eigenvalue weighted by Crippen LogP contribution is -1.93. The van der Waals surface area contributed by atoms with Crippen molar-refractivity contribution in [3.8, 4) is 17.2 Å². The van der Waals surface area contributed by atoms with E-state index in [0.29, 0.717) is 17.2 Å². The molecule has 0 aliphatic carbocycles. The van der Waals surface area contributed by atoms with Crippen molar-refractivity contribution in [2.75, 3.05) is 5.32 Å². The lowest BCUT2D eigenvalue weighted by Gasteiger charge is -2.02. The van der Waals surface area contributed by atoms with Crippen LogP contribution in [0.25, 0.3) is 16.8 Å². The first-order valence-electron chi connectivity index (χ1n) is 7.61. The highest BCUT2D eigenvalue weighted by Crippen LogP contribution is 2.25. The van der Waals surface area contributed by atoms with E-state index in [1.54, 1.807) is 41.0 Å². The minimum absolute atomic E-state index is 0.296. The normalized spacial score (nSPS) is 10.6. The molecule has 120 valence electrons. The van der Waals surface area contributed by atoms with E-state index in [0.717, 1.165) is 16.8 Å². The van der Waals surface area contributed by atoms with Gasteiger partial charge in [0.05, 0.1) is 11.6 Å². The molecule has 0 unspecified atom stereocenters. The fourth-order valence-corrected chi connectivity index (χ4v) is 2.60. The molecule has 0 aliphatic heterocycles. The third kappa shape index (κ3) is 2.91. The van der Waals surface area contributed by atoms with Gasteiger partial charge in [0.15, 0.2) is 5.65 Å². The number of hydrogen-bond acceptors (Lipinski definition) is 4. The lowest BCUT2D eigenvalue weighted by atomic mass is 10.1. The molecule has 5 nitrogen and oxygen atoms in total. The van der Waals surface area contributed by atoms with Crippen LogP contribution in [0.3, 0.4) is 0 Å². The molecule has 0 radical (unpaired) electrons. The number of benzene rings is 2. The third-order valence-electron chi connectivity index (χ3n) is 3.77. The molecule has 0 amide bonds. The number of nitriles is 1. The number of anilines is 2. The minimum Gasteiger partial charge on any atom is -0.323 e. The van der Waals surface area contributed by atoms with Gasteiger partial charge in [-0.1, -0.05) is 12.1 Å². The van der Waals surface area contributed by atoms with Crippen molar-refractivity contribution in [2.45, 2.75) is 0 Å². The molecule has 0 aliphatic rings. The maximum absolute atomic E-state index is 13.5. The average Bonchev–Trinajstić information content (AvgIpc) is 3.04. The van der Waals surface area contributed by atoms with E-state index in [1.807, 2.05) is 18.2 Å². The standard InChI is InChI=1S/C19H12FN5/c20-15-4-1-3-14(11-15)17-5-2-10-25-18(17)23-19(24-25)22-16-8-6-13(12-21)7-9-16/h1-11H,(H,22,24).